The molecule has 1 rings (SSSR count). The standard InChI is InChI=1S/C12H17FN2O2/c1-14(2)6-7-15(3)12(17)10-5-4-9(16)8-11(10)13/h4-5,8,16H,6-7H2,1-3H3. The van der Waals surface area contributed by atoms with Gasteiger partial charge in [0.15, 0.2) is 0 Å². The van der Waals surface area contributed by atoms with E-state index >= 15 is 0 Å². The van der Waals surface area contributed by atoms with Crippen LogP contribution < -0.4 is 0 Å². The van der Waals surface area contributed by atoms with Crippen molar-refractivity contribution < 1.29 is 14.3 Å². The van der Waals surface area contributed by atoms with Crippen molar-refractivity contribution in [2.24, 2.45) is 0 Å². The maximum absolute atomic E-state index is 13.4. The number of amides is 1. The van der Waals surface area contributed by atoms with E-state index in [-0.39, 0.29) is 17.2 Å². The number of phenols is 1. The van der Waals surface area contributed by atoms with Crippen molar-refractivity contribution in [3.8, 4) is 5.75 Å². The van der Waals surface area contributed by atoms with Crippen molar-refractivity contribution in [3.63, 3.8) is 0 Å². The summed E-state index contributed by atoms with van der Waals surface area (Å²) < 4.78 is 13.4. The molecule has 0 aliphatic carbocycles. The van der Waals surface area contributed by atoms with Gasteiger partial charge in [-0.3, -0.25) is 4.79 Å². The van der Waals surface area contributed by atoms with Gasteiger partial charge in [0, 0.05) is 26.2 Å². The molecule has 1 N–H and O–H groups in total. The van der Waals surface area contributed by atoms with Crippen LogP contribution in [0.5, 0.6) is 5.75 Å². The van der Waals surface area contributed by atoms with Crippen LogP contribution in [0.1, 0.15) is 10.4 Å². The van der Waals surface area contributed by atoms with Crippen LogP contribution in [-0.2, 0) is 0 Å². The first-order valence-corrected chi connectivity index (χ1v) is 5.30. The SMILES string of the molecule is CN(C)CCN(C)C(=O)c1ccc(O)cc1F. The molecule has 0 fully saturated rings. The summed E-state index contributed by atoms with van der Waals surface area (Å²) in [6.45, 7) is 1.23. The third kappa shape index (κ3) is 3.71. The third-order valence-electron chi connectivity index (χ3n) is 2.41. The van der Waals surface area contributed by atoms with Crippen LogP contribution in [0.2, 0.25) is 0 Å². The van der Waals surface area contributed by atoms with E-state index < -0.39 is 5.82 Å². The van der Waals surface area contributed by atoms with E-state index in [1.165, 1.54) is 17.0 Å². The number of phenolic OH excluding ortho intramolecular Hbond substituents is 1. The maximum Gasteiger partial charge on any atom is 0.256 e. The molecule has 0 saturated heterocycles. The highest BCUT2D eigenvalue weighted by molar-refractivity contribution is 5.94. The van der Waals surface area contributed by atoms with Gasteiger partial charge in [0.1, 0.15) is 11.6 Å². The molecule has 0 unspecified atom stereocenters. The second kappa shape index (κ2) is 5.63. The number of rotatable bonds is 4. The summed E-state index contributed by atoms with van der Waals surface area (Å²) in [6, 6.07) is 3.53. The van der Waals surface area contributed by atoms with Gasteiger partial charge in [-0.05, 0) is 26.2 Å². The van der Waals surface area contributed by atoms with Gasteiger partial charge >= 0.3 is 0 Å². The Morgan fingerprint density at radius 1 is 1.29 bits per heavy atom. The smallest absolute Gasteiger partial charge is 0.256 e. The Morgan fingerprint density at radius 2 is 1.94 bits per heavy atom. The number of hydrogen-bond acceptors (Lipinski definition) is 3. The average molecular weight is 240 g/mol. The van der Waals surface area contributed by atoms with E-state index in [9.17, 15) is 9.18 Å². The van der Waals surface area contributed by atoms with Gasteiger partial charge in [-0.25, -0.2) is 4.39 Å². The Hall–Kier alpha value is -1.62. The number of nitrogens with zero attached hydrogens (tertiary/aromatic N) is 2. The van der Waals surface area contributed by atoms with E-state index in [0.29, 0.717) is 13.1 Å². The van der Waals surface area contributed by atoms with Crippen LogP contribution in [-0.4, -0.2) is 55.0 Å². The molecule has 0 heterocycles. The zero-order valence-electron chi connectivity index (χ0n) is 10.3. The molecular formula is C12H17FN2O2. The lowest BCUT2D eigenvalue weighted by Gasteiger charge is -2.19. The van der Waals surface area contributed by atoms with Crippen LogP contribution in [0.15, 0.2) is 18.2 Å². The van der Waals surface area contributed by atoms with Crippen LogP contribution in [0.4, 0.5) is 4.39 Å². The van der Waals surface area contributed by atoms with Crippen LogP contribution in [0.25, 0.3) is 0 Å². The highest BCUT2D eigenvalue weighted by Crippen LogP contribution is 2.16. The van der Waals surface area contributed by atoms with Crippen LogP contribution >= 0.6 is 0 Å². The fourth-order valence-electron chi connectivity index (χ4n) is 1.33. The Morgan fingerprint density at radius 3 is 2.47 bits per heavy atom. The van der Waals surface area contributed by atoms with Gasteiger partial charge in [0.25, 0.3) is 5.91 Å². The maximum atomic E-state index is 13.4. The molecule has 0 atom stereocenters. The first-order chi connectivity index (χ1) is 7.91. The molecular weight excluding hydrogens is 223 g/mol. The molecule has 0 bridgehead atoms. The number of likely N-dealkylation sites (N-methyl/N-ethyl adjacent to an activating group) is 2. The predicted molar refractivity (Wildman–Crippen MR) is 63.6 cm³/mol. The summed E-state index contributed by atoms with van der Waals surface area (Å²) in [5.41, 5.74) is -0.0240. The molecule has 0 aliphatic rings. The minimum Gasteiger partial charge on any atom is -0.508 e. The topological polar surface area (TPSA) is 43.8 Å². The zero-order chi connectivity index (χ0) is 13.0. The van der Waals surface area contributed by atoms with Crippen molar-refractivity contribution in [2.45, 2.75) is 0 Å². The van der Waals surface area contributed by atoms with Gasteiger partial charge in [0.05, 0.1) is 5.56 Å². The van der Waals surface area contributed by atoms with Gasteiger partial charge in [0.2, 0.25) is 0 Å². The summed E-state index contributed by atoms with van der Waals surface area (Å²) in [4.78, 5) is 15.3. The number of carbonyl (C=O) groups is 1. The highest BCUT2D eigenvalue weighted by Gasteiger charge is 2.16. The van der Waals surface area contributed by atoms with Crippen molar-refractivity contribution >= 4 is 5.91 Å². The molecule has 17 heavy (non-hydrogen) atoms. The first-order valence-electron chi connectivity index (χ1n) is 5.30. The largest absolute Gasteiger partial charge is 0.508 e. The molecule has 0 aromatic heterocycles. The molecule has 1 aromatic rings. The van der Waals surface area contributed by atoms with Crippen molar-refractivity contribution in [1.82, 2.24) is 9.80 Å². The van der Waals surface area contributed by atoms with Crippen LogP contribution in [0.3, 0.4) is 0 Å². The fourth-order valence-corrected chi connectivity index (χ4v) is 1.33. The Labute approximate surface area is 100 Å². The molecule has 1 amide bonds. The molecule has 94 valence electrons. The summed E-state index contributed by atoms with van der Waals surface area (Å²) >= 11 is 0. The Bertz CT molecular complexity index is 407. The Balaban J connectivity index is 2.75. The molecule has 1 aromatic carbocycles. The lowest BCUT2D eigenvalue weighted by Crippen LogP contribution is -2.33. The van der Waals surface area contributed by atoms with Gasteiger partial charge in [-0.15, -0.1) is 0 Å². The number of carbonyl (C=O) groups excluding carboxylic acids is 1. The number of hydrogen-bond donors (Lipinski definition) is 1. The van der Waals surface area contributed by atoms with E-state index in [1.54, 1.807) is 7.05 Å². The van der Waals surface area contributed by atoms with Crippen molar-refractivity contribution in [2.75, 3.05) is 34.2 Å². The number of benzene rings is 1. The lowest BCUT2D eigenvalue weighted by molar-refractivity contribution is 0.0781. The van der Waals surface area contributed by atoms with Gasteiger partial charge < -0.3 is 14.9 Å². The van der Waals surface area contributed by atoms with Gasteiger partial charge in [-0.1, -0.05) is 0 Å². The van der Waals surface area contributed by atoms with Crippen molar-refractivity contribution in [3.05, 3.63) is 29.6 Å². The fraction of sp³-hybridized carbons (Fsp3) is 0.417. The second-order valence-electron chi connectivity index (χ2n) is 4.19. The quantitative estimate of drug-likeness (QED) is 0.859. The molecule has 4 nitrogen and oxygen atoms in total. The molecule has 5 heteroatoms. The molecule has 0 radical (unpaired) electrons. The van der Waals surface area contributed by atoms with Crippen LogP contribution in [0, 0.1) is 5.82 Å². The van der Waals surface area contributed by atoms with Gasteiger partial charge in [-0.2, -0.15) is 0 Å². The summed E-state index contributed by atoms with van der Waals surface area (Å²) in [6.07, 6.45) is 0. The van der Waals surface area contributed by atoms with Crippen molar-refractivity contribution in [1.29, 1.82) is 0 Å². The molecule has 0 saturated carbocycles. The Kier molecular flexibility index (Phi) is 4.45. The summed E-state index contributed by atoms with van der Waals surface area (Å²) in [5.74, 6) is -1.27. The second-order valence-corrected chi connectivity index (χ2v) is 4.19. The zero-order valence-corrected chi connectivity index (χ0v) is 10.3. The normalized spacial score (nSPS) is 10.6. The third-order valence-corrected chi connectivity index (χ3v) is 2.41. The monoisotopic (exact) mass is 240 g/mol. The van der Waals surface area contributed by atoms with E-state index in [4.69, 9.17) is 5.11 Å². The van der Waals surface area contributed by atoms with E-state index in [0.717, 1.165) is 6.07 Å². The predicted octanol–water partition coefficient (Wildman–Crippen LogP) is 1.16. The summed E-state index contributed by atoms with van der Waals surface area (Å²) in [5, 5.41) is 9.06. The minimum atomic E-state index is -0.702. The van der Waals surface area contributed by atoms with E-state index in [1.807, 2.05) is 19.0 Å². The summed E-state index contributed by atoms with van der Waals surface area (Å²) in [7, 11) is 5.43. The number of aromatic hydroxyl groups is 1. The molecule has 0 spiro atoms. The lowest BCUT2D eigenvalue weighted by atomic mass is 10.2. The average Bonchev–Trinajstić information content (AvgIpc) is 2.25. The minimum absolute atomic E-state index is 0.0240. The first kappa shape index (κ1) is 13.4. The highest BCUT2D eigenvalue weighted by atomic mass is 19.1. The number of halogens is 1. The van der Waals surface area contributed by atoms with E-state index in [2.05, 4.69) is 0 Å². The molecule has 0 aliphatic heterocycles.